The highest BCUT2D eigenvalue weighted by Crippen LogP contribution is 2.30. The average molecular weight is 350 g/mol. The van der Waals surface area contributed by atoms with Crippen molar-refractivity contribution in [2.75, 3.05) is 13.7 Å². The Morgan fingerprint density at radius 1 is 0.708 bits per heavy atom. The van der Waals surface area contributed by atoms with Crippen LogP contribution in [0.3, 0.4) is 0 Å². The Labute approximate surface area is 141 Å². The van der Waals surface area contributed by atoms with Gasteiger partial charge in [-0.05, 0) is 6.42 Å². The van der Waals surface area contributed by atoms with Gasteiger partial charge in [0.2, 0.25) is 11.6 Å². The smallest absolute Gasteiger partial charge is 0.204 e. The van der Waals surface area contributed by atoms with E-state index >= 15 is 0 Å². The molecule has 138 valence electrons. The number of hydrogen-bond acceptors (Lipinski definition) is 2. The predicted molar refractivity (Wildman–Crippen MR) is 85.1 cm³/mol. The fourth-order valence-electron chi connectivity index (χ4n) is 2.46. The molecule has 0 spiro atoms. The van der Waals surface area contributed by atoms with Crippen molar-refractivity contribution in [2.24, 2.45) is 0 Å². The van der Waals surface area contributed by atoms with Crippen molar-refractivity contribution in [3.8, 4) is 5.75 Å². The first-order valence-corrected chi connectivity index (χ1v) is 8.51. The Bertz CT molecular complexity index is 477. The van der Waals surface area contributed by atoms with Crippen molar-refractivity contribution in [1.29, 1.82) is 0 Å². The lowest BCUT2D eigenvalue weighted by molar-refractivity contribution is 0.173. The molecule has 0 aromatic heterocycles. The van der Waals surface area contributed by atoms with Crippen molar-refractivity contribution < 1.29 is 27.0 Å². The van der Waals surface area contributed by atoms with E-state index in [1.807, 2.05) is 0 Å². The van der Waals surface area contributed by atoms with E-state index in [2.05, 4.69) is 11.7 Å². The largest absolute Gasteiger partial charge is 0.487 e. The summed E-state index contributed by atoms with van der Waals surface area (Å²) in [7, 11) is 1.18. The minimum atomic E-state index is -1.51. The van der Waals surface area contributed by atoms with Crippen LogP contribution < -0.4 is 4.74 Å². The second-order valence-electron chi connectivity index (χ2n) is 5.82. The van der Waals surface area contributed by atoms with Crippen molar-refractivity contribution >= 4 is 0 Å². The molecule has 1 aromatic carbocycles. The van der Waals surface area contributed by atoms with Crippen LogP contribution in [0.1, 0.15) is 63.9 Å². The summed E-state index contributed by atoms with van der Waals surface area (Å²) in [4.78, 5) is 0. The first kappa shape index (κ1) is 20.7. The average Bonchev–Trinajstić information content (AvgIpc) is 2.58. The summed E-state index contributed by atoms with van der Waals surface area (Å²) in [6.07, 6.45) is 8.37. The van der Waals surface area contributed by atoms with Gasteiger partial charge in [0.15, 0.2) is 17.4 Å². The number of unbranched alkanes of at least 4 members (excludes halogenated alkanes) is 7. The van der Waals surface area contributed by atoms with Gasteiger partial charge in [-0.2, -0.15) is 8.78 Å². The molecule has 1 rings (SSSR count). The van der Waals surface area contributed by atoms with Crippen LogP contribution in [-0.2, 0) is 11.3 Å². The van der Waals surface area contributed by atoms with Gasteiger partial charge in [-0.15, -0.1) is 0 Å². The SMILES string of the molecule is CCCCCCCCCCOc1c(F)c(F)c(COC)c(F)c1F. The van der Waals surface area contributed by atoms with Crippen LogP contribution >= 0.6 is 0 Å². The van der Waals surface area contributed by atoms with Gasteiger partial charge in [-0.25, -0.2) is 8.78 Å². The van der Waals surface area contributed by atoms with E-state index in [0.717, 1.165) is 19.3 Å². The van der Waals surface area contributed by atoms with Crippen LogP contribution in [0.15, 0.2) is 0 Å². The van der Waals surface area contributed by atoms with Gasteiger partial charge in [-0.3, -0.25) is 0 Å². The van der Waals surface area contributed by atoms with Gasteiger partial charge in [0.25, 0.3) is 0 Å². The maximum Gasteiger partial charge on any atom is 0.204 e. The molecule has 1 aromatic rings. The van der Waals surface area contributed by atoms with Gasteiger partial charge in [0.1, 0.15) is 0 Å². The van der Waals surface area contributed by atoms with Crippen molar-refractivity contribution in [1.82, 2.24) is 0 Å². The minimum absolute atomic E-state index is 0.0192. The second kappa shape index (κ2) is 11.3. The molecular formula is C18H26F4O2. The molecule has 0 heterocycles. The zero-order valence-corrected chi connectivity index (χ0v) is 14.4. The molecule has 0 saturated carbocycles. The van der Waals surface area contributed by atoms with Crippen molar-refractivity contribution in [3.63, 3.8) is 0 Å². The lowest BCUT2D eigenvalue weighted by atomic mass is 10.1. The molecule has 0 atom stereocenters. The third-order valence-corrected chi connectivity index (χ3v) is 3.85. The molecule has 6 heteroatoms. The van der Waals surface area contributed by atoms with E-state index in [9.17, 15) is 17.6 Å². The van der Waals surface area contributed by atoms with Crippen molar-refractivity contribution in [2.45, 2.75) is 64.9 Å². The number of hydrogen-bond donors (Lipinski definition) is 0. The number of methoxy groups -OCH3 is 1. The summed E-state index contributed by atoms with van der Waals surface area (Å²) in [5.41, 5.74) is -0.771. The molecule has 0 bridgehead atoms. The molecule has 0 aliphatic carbocycles. The topological polar surface area (TPSA) is 18.5 Å². The van der Waals surface area contributed by atoms with E-state index < -0.39 is 41.2 Å². The first-order chi connectivity index (χ1) is 11.5. The molecule has 0 N–H and O–H groups in total. The molecule has 0 aliphatic heterocycles. The zero-order chi connectivity index (χ0) is 17.9. The summed E-state index contributed by atoms with van der Waals surface area (Å²) in [5, 5.41) is 0. The summed E-state index contributed by atoms with van der Waals surface area (Å²) in [6.45, 7) is 1.62. The van der Waals surface area contributed by atoms with E-state index in [0.29, 0.717) is 6.42 Å². The van der Waals surface area contributed by atoms with Gasteiger partial charge in [0.05, 0.1) is 18.8 Å². The fourth-order valence-corrected chi connectivity index (χ4v) is 2.46. The normalized spacial score (nSPS) is 11.1. The monoisotopic (exact) mass is 350 g/mol. The maximum absolute atomic E-state index is 13.8. The van der Waals surface area contributed by atoms with Gasteiger partial charge in [-0.1, -0.05) is 51.9 Å². The predicted octanol–water partition coefficient (Wildman–Crippen LogP) is 5.91. The second-order valence-corrected chi connectivity index (χ2v) is 5.82. The lowest BCUT2D eigenvalue weighted by Gasteiger charge is -2.12. The van der Waals surface area contributed by atoms with E-state index in [4.69, 9.17) is 4.74 Å². The standard InChI is InChI=1S/C18H26F4O2/c1-3-4-5-6-7-8-9-10-11-24-18-16(21)14(19)13(12-23-2)15(20)17(18)22/h3-12H2,1-2H3. The molecule has 0 radical (unpaired) electrons. The van der Waals surface area contributed by atoms with Gasteiger partial charge >= 0.3 is 0 Å². The van der Waals surface area contributed by atoms with E-state index in [1.165, 1.54) is 32.8 Å². The highest BCUT2D eigenvalue weighted by atomic mass is 19.2. The third-order valence-electron chi connectivity index (χ3n) is 3.85. The summed E-state index contributed by atoms with van der Waals surface area (Å²) in [6, 6.07) is 0. The van der Waals surface area contributed by atoms with E-state index in [-0.39, 0.29) is 6.61 Å². The van der Waals surface area contributed by atoms with Crippen LogP contribution in [0.4, 0.5) is 17.6 Å². The van der Waals surface area contributed by atoms with Gasteiger partial charge < -0.3 is 9.47 Å². The lowest BCUT2D eigenvalue weighted by Crippen LogP contribution is -2.09. The Hall–Kier alpha value is -1.30. The molecular weight excluding hydrogens is 324 g/mol. The van der Waals surface area contributed by atoms with Crippen LogP contribution in [0.2, 0.25) is 0 Å². The highest BCUT2D eigenvalue weighted by Gasteiger charge is 2.26. The molecule has 0 amide bonds. The number of rotatable bonds is 12. The molecule has 0 unspecified atom stereocenters. The molecule has 2 nitrogen and oxygen atoms in total. The molecule has 0 fully saturated rings. The zero-order valence-electron chi connectivity index (χ0n) is 14.4. The summed E-state index contributed by atoms with van der Waals surface area (Å²) >= 11 is 0. The maximum atomic E-state index is 13.8. The Kier molecular flexibility index (Phi) is 9.76. The van der Waals surface area contributed by atoms with Gasteiger partial charge in [0, 0.05) is 7.11 Å². The third kappa shape index (κ3) is 5.96. The number of ether oxygens (including phenoxy) is 2. The minimum Gasteiger partial charge on any atom is -0.487 e. The molecule has 24 heavy (non-hydrogen) atoms. The van der Waals surface area contributed by atoms with Crippen molar-refractivity contribution in [3.05, 3.63) is 28.8 Å². The summed E-state index contributed by atoms with van der Waals surface area (Å²) in [5.74, 6) is -6.96. The first-order valence-electron chi connectivity index (χ1n) is 8.51. The molecule has 0 saturated heterocycles. The highest BCUT2D eigenvalue weighted by molar-refractivity contribution is 5.34. The van der Waals surface area contributed by atoms with E-state index in [1.54, 1.807) is 0 Å². The number of halogens is 4. The Balaban J connectivity index is 2.46. The molecule has 0 aliphatic rings. The fraction of sp³-hybridized carbons (Fsp3) is 0.667. The van der Waals surface area contributed by atoms with Crippen LogP contribution in [0.5, 0.6) is 5.75 Å². The quantitative estimate of drug-likeness (QED) is 0.265. The number of benzene rings is 1. The van der Waals surface area contributed by atoms with Crippen LogP contribution in [-0.4, -0.2) is 13.7 Å². The summed E-state index contributed by atoms with van der Waals surface area (Å²) < 4.78 is 64.6. The Morgan fingerprint density at radius 2 is 1.21 bits per heavy atom. The Morgan fingerprint density at radius 3 is 1.71 bits per heavy atom. The van der Waals surface area contributed by atoms with Crippen LogP contribution in [0, 0.1) is 23.3 Å². The van der Waals surface area contributed by atoms with Crippen LogP contribution in [0.25, 0.3) is 0 Å².